The molecule has 1 saturated heterocycles. The van der Waals surface area contributed by atoms with Crippen LogP contribution in [0.1, 0.15) is 6.42 Å². The Hall–Kier alpha value is -0.920. The Bertz CT molecular complexity index is 187. The summed E-state index contributed by atoms with van der Waals surface area (Å²) < 4.78 is 55.4. The number of hydrogen-bond acceptors (Lipinski definition) is 2. The number of rotatable bonds is 0. The summed E-state index contributed by atoms with van der Waals surface area (Å²) in [6.07, 6.45) is -7.43. The number of carboxylic acid groups (broad SMARTS) is 1. The van der Waals surface area contributed by atoms with Crippen LogP contribution in [0, 0.1) is 0 Å². The average molecular weight is 221 g/mol. The van der Waals surface area contributed by atoms with Crippen LogP contribution in [0.2, 0.25) is 0 Å². The number of carboxylic acids is 1. The van der Waals surface area contributed by atoms with Crippen molar-refractivity contribution >= 4 is 5.97 Å². The second-order valence-corrected chi connectivity index (χ2v) is 2.46. The molecule has 1 rings (SSSR count). The number of halogens is 5. The molecule has 0 aromatic carbocycles. The van der Waals surface area contributed by atoms with Gasteiger partial charge in [-0.15, -0.1) is 0 Å². The van der Waals surface area contributed by atoms with Crippen LogP contribution in [0.5, 0.6) is 0 Å². The van der Waals surface area contributed by atoms with Crippen LogP contribution >= 0.6 is 0 Å². The first-order valence-corrected chi connectivity index (χ1v) is 3.56. The van der Waals surface area contributed by atoms with E-state index in [1.807, 2.05) is 0 Å². The number of nitrogens with one attached hydrogen (secondary N) is 1. The fourth-order valence-electron chi connectivity index (χ4n) is 0.633. The third-order valence-corrected chi connectivity index (χ3v) is 1.32. The molecule has 0 bridgehead atoms. The lowest BCUT2D eigenvalue weighted by atomic mass is 10.3. The predicted octanol–water partition coefficient (Wildman–Crippen LogP) is 1.25. The summed E-state index contributed by atoms with van der Waals surface area (Å²) in [5, 5.41) is 9.45. The quantitative estimate of drug-likeness (QED) is 0.478. The van der Waals surface area contributed by atoms with Gasteiger partial charge in [-0.3, -0.25) is 5.32 Å². The molecule has 0 amide bonds. The lowest BCUT2D eigenvalue weighted by molar-refractivity contribution is -0.192. The molecule has 2 N–H and O–H groups in total. The lowest BCUT2D eigenvalue weighted by Gasteiger charge is -1.97. The van der Waals surface area contributed by atoms with Crippen LogP contribution in [-0.4, -0.2) is 36.3 Å². The molecule has 1 aliphatic rings. The van der Waals surface area contributed by atoms with E-state index in [9.17, 15) is 22.0 Å². The summed E-state index contributed by atoms with van der Waals surface area (Å²) in [5.74, 6) is -2.76. The molecule has 2 atom stereocenters. The molecule has 3 nitrogen and oxygen atoms in total. The molecule has 0 saturated carbocycles. The number of hydrogen-bond donors (Lipinski definition) is 2. The molecular weight excluding hydrogens is 213 g/mol. The maximum absolute atomic E-state index is 11.9. The van der Waals surface area contributed by atoms with Crippen molar-refractivity contribution in [1.29, 1.82) is 0 Å². The van der Waals surface area contributed by atoms with E-state index in [0.717, 1.165) is 0 Å². The molecule has 0 radical (unpaired) electrons. The number of carbonyl (C=O) groups is 1. The second kappa shape index (κ2) is 5.08. The summed E-state index contributed by atoms with van der Waals surface area (Å²) in [6, 6.07) is 0. The summed E-state index contributed by atoms with van der Waals surface area (Å²) >= 11 is 0. The molecule has 0 aromatic heterocycles. The van der Waals surface area contributed by atoms with Crippen LogP contribution in [0.3, 0.4) is 0 Å². The Morgan fingerprint density at radius 3 is 1.86 bits per heavy atom. The monoisotopic (exact) mass is 221 g/mol. The summed E-state index contributed by atoms with van der Waals surface area (Å²) in [5.41, 5.74) is 0. The average Bonchev–Trinajstić information content (AvgIpc) is 2.35. The van der Waals surface area contributed by atoms with Crippen molar-refractivity contribution in [2.45, 2.75) is 25.1 Å². The van der Waals surface area contributed by atoms with Crippen LogP contribution < -0.4 is 5.32 Å². The molecule has 0 aromatic rings. The normalized spacial score (nSPS) is 26.6. The van der Waals surface area contributed by atoms with Crippen LogP contribution in [0.4, 0.5) is 22.0 Å². The van der Waals surface area contributed by atoms with E-state index in [2.05, 4.69) is 5.32 Å². The third kappa shape index (κ3) is 4.95. The Morgan fingerprint density at radius 1 is 1.36 bits per heavy atom. The Balaban J connectivity index is 0.000000241. The van der Waals surface area contributed by atoms with Crippen molar-refractivity contribution in [2.24, 2.45) is 0 Å². The Kier molecular flexibility index (Phi) is 4.75. The molecule has 0 aliphatic carbocycles. The van der Waals surface area contributed by atoms with Crippen molar-refractivity contribution in [3.05, 3.63) is 0 Å². The van der Waals surface area contributed by atoms with Gasteiger partial charge in [-0.25, -0.2) is 13.6 Å². The molecule has 0 spiro atoms. The highest BCUT2D eigenvalue weighted by Crippen LogP contribution is 2.13. The summed E-state index contributed by atoms with van der Waals surface area (Å²) in [6.45, 7) is 0.475. The highest BCUT2D eigenvalue weighted by Gasteiger charge is 2.38. The van der Waals surface area contributed by atoms with Crippen LogP contribution in [-0.2, 0) is 4.79 Å². The number of alkyl halides is 5. The van der Waals surface area contributed by atoms with Gasteiger partial charge in [0.15, 0.2) is 6.30 Å². The largest absolute Gasteiger partial charge is 0.490 e. The maximum Gasteiger partial charge on any atom is 0.490 e. The standard InChI is InChI=1S/C4H7F2N.C2HF3O2/c5-3-1-2-7-4(3)6;3-2(4,5)1(6)7/h3-4,7H,1-2H2;(H,6,7). The van der Waals surface area contributed by atoms with E-state index >= 15 is 0 Å². The zero-order chi connectivity index (χ0) is 11.4. The minimum atomic E-state index is -5.08. The number of aliphatic carboxylic acids is 1. The Labute approximate surface area is 75.9 Å². The minimum Gasteiger partial charge on any atom is -0.475 e. The highest BCUT2D eigenvalue weighted by atomic mass is 19.4. The van der Waals surface area contributed by atoms with E-state index in [-0.39, 0.29) is 0 Å². The van der Waals surface area contributed by atoms with Gasteiger partial charge < -0.3 is 5.11 Å². The van der Waals surface area contributed by atoms with Gasteiger partial charge >= 0.3 is 12.1 Å². The van der Waals surface area contributed by atoms with Gasteiger partial charge in [-0.1, -0.05) is 0 Å². The smallest absolute Gasteiger partial charge is 0.475 e. The van der Waals surface area contributed by atoms with E-state index in [0.29, 0.717) is 13.0 Å². The van der Waals surface area contributed by atoms with Crippen molar-refractivity contribution in [2.75, 3.05) is 6.54 Å². The van der Waals surface area contributed by atoms with E-state index in [1.165, 1.54) is 0 Å². The van der Waals surface area contributed by atoms with E-state index in [1.54, 1.807) is 0 Å². The maximum atomic E-state index is 11.9. The fraction of sp³-hybridized carbons (Fsp3) is 0.833. The van der Waals surface area contributed by atoms with Gasteiger partial charge in [0, 0.05) is 6.54 Å². The van der Waals surface area contributed by atoms with Crippen LogP contribution in [0.15, 0.2) is 0 Å². The van der Waals surface area contributed by atoms with Crippen molar-refractivity contribution in [3.63, 3.8) is 0 Å². The summed E-state index contributed by atoms with van der Waals surface area (Å²) in [7, 11) is 0. The Morgan fingerprint density at radius 2 is 1.79 bits per heavy atom. The first-order valence-electron chi connectivity index (χ1n) is 3.56. The molecule has 8 heteroatoms. The molecule has 1 aliphatic heterocycles. The zero-order valence-corrected chi connectivity index (χ0v) is 6.81. The van der Waals surface area contributed by atoms with Gasteiger partial charge in [0.25, 0.3) is 0 Å². The first-order chi connectivity index (χ1) is 6.25. The lowest BCUT2D eigenvalue weighted by Crippen LogP contribution is -2.21. The summed E-state index contributed by atoms with van der Waals surface area (Å²) in [4.78, 5) is 8.90. The zero-order valence-electron chi connectivity index (χ0n) is 6.81. The topological polar surface area (TPSA) is 49.3 Å². The van der Waals surface area contributed by atoms with Gasteiger partial charge in [0.2, 0.25) is 0 Å². The molecule has 1 fully saturated rings. The van der Waals surface area contributed by atoms with Gasteiger partial charge in [0.05, 0.1) is 0 Å². The van der Waals surface area contributed by atoms with E-state index in [4.69, 9.17) is 9.90 Å². The van der Waals surface area contributed by atoms with Crippen LogP contribution in [0.25, 0.3) is 0 Å². The predicted molar refractivity (Wildman–Crippen MR) is 36.1 cm³/mol. The SMILES string of the molecule is FC1CCNC1F.O=C(O)C(F)(F)F. The molecule has 1 heterocycles. The fourth-order valence-corrected chi connectivity index (χ4v) is 0.633. The molecule has 84 valence electrons. The van der Waals surface area contributed by atoms with Crippen molar-refractivity contribution in [1.82, 2.24) is 5.32 Å². The molecule has 2 unspecified atom stereocenters. The van der Waals surface area contributed by atoms with Crippen molar-refractivity contribution < 1.29 is 31.9 Å². The second-order valence-electron chi connectivity index (χ2n) is 2.46. The van der Waals surface area contributed by atoms with Gasteiger partial charge in [0.1, 0.15) is 6.17 Å². The molecule has 14 heavy (non-hydrogen) atoms. The first kappa shape index (κ1) is 13.1. The van der Waals surface area contributed by atoms with Crippen molar-refractivity contribution in [3.8, 4) is 0 Å². The highest BCUT2D eigenvalue weighted by molar-refractivity contribution is 5.73. The third-order valence-electron chi connectivity index (χ3n) is 1.32. The van der Waals surface area contributed by atoms with Gasteiger partial charge in [-0.05, 0) is 6.42 Å². The van der Waals surface area contributed by atoms with Gasteiger partial charge in [-0.2, -0.15) is 13.2 Å². The minimum absolute atomic E-state index is 0.321. The van der Waals surface area contributed by atoms with E-state index < -0.39 is 24.6 Å². The molecular formula is C6H8F5NO2.